The van der Waals surface area contributed by atoms with Gasteiger partial charge >= 0.3 is 0 Å². The summed E-state index contributed by atoms with van der Waals surface area (Å²) >= 11 is -2.04. The third-order valence-corrected chi connectivity index (χ3v) is 7.03. The second-order valence-corrected chi connectivity index (χ2v) is 9.26. The molecule has 2 aromatic heterocycles. The van der Waals surface area contributed by atoms with Crippen LogP contribution in [0.2, 0.25) is 0 Å². The Hall–Kier alpha value is -2.98. The predicted octanol–water partition coefficient (Wildman–Crippen LogP) is 2.36. The van der Waals surface area contributed by atoms with Gasteiger partial charge in [-0.05, 0) is 49.1 Å². The third-order valence-electron chi connectivity index (χ3n) is 6.38. The first-order valence-electron chi connectivity index (χ1n) is 10.7. The zero-order chi connectivity index (χ0) is 22.3. The van der Waals surface area contributed by atoms with Crippen molar-refractivity contribution in [2.75, 3.05) is 31.1 Å². The molecular formula is C22H25N5O4S. The molecule has 1 atom stereocenters. The number of nitrogens with zero attached hydrogens (tertiary/aromatic N) is 4. The molecule has 1 aliphatic heterocycles. The molecule has 2 N–H and O–H groups in total. The number of aromatic amines is 1. The number of anilines is 1. The standard InChI is InChI=1S/C22H25N5O4S/c1-2-15-11-16(32(29)30)3-4-18(15)31-12-19(28)27-10-9-26(13-22(27)6-7-22)21-17-5-8-23-20(17)24-14-25-21/h3-5,8,11,14H,2,6-7,9-10,12-13H2,1H3,(H,29,30)(H,23,24,25). The maximum Gasteiger partial charge on any atom is 0.261 e. The average Bonchev–Trinajstić information content (AvgIpc) is 3.38. The topological polar surface area (TPSA) is 112 Å². The van der Waals surface area contributed by atoms with Crippen molar-refractivity contribution in [2.45, 2.75) is 36.6 Å². The quantitative estimate of drug-likeness (QED) is 0.549. The molecule has 1 spiro atoms. The molecule has 2 aliphatic rings. The number of aryl methyl sites for hydroxylation is 1. The van der Waals surface area contributed by atoms with Crippen molar-refractivity contribution in [3.05, 3.63) is 42.4 Å². The number of benzene rings is 1. The van der Waals surface area contributed by atoms with E-state index in [1.54, 1.807) is 24.5 Å². The molecule has 32 heavy (non-hydrogen) atoms. The van der Waals surface area contributed by atoms with Gasteiger partial charge in [0.1, 0.15) is 23.5 Å². The molecule has 1 aliphatic carbocycles. The van der Waals surface area contributed by atoms with Crippen molar-refractivity contribution < 1.29 is 18.3 Å². The van der Waals surface area contributed by atoms with Crippen molar-refractivity contribution in [1.29, 1.82) is 0 Å². The SMILES string of the molecule is CCc1cc(S(=O)O)ccc1OCC(=O)N1CCN(c2ncnc3[nH]ccc23)CC12CC2. The normalized spacial score (nSPS) is 18.2. The highest BCUT2D eigenvalue weighted by Crippen LogP contribution is 2.45. The van der Waals surface area contributed by atoms with E-state index in [9.17, 15) is 13.6 Å². The zero-order valence-corrected chi connectivity index (χ0v) is 18.6. The number of H-pyrrole nitrogens is 1. The molecule has 168 valence electrons. The monoisotopic (exact) mass is 455 g/mol. The summed E-state index contributed by atoms with van der Waals surface area (Å²) in [7, 11) is 0. The fourth-order valence-corrected chi connectivity index (χ4v) is 4.96. The number of carbonyl (C=O) groups excluding carboxylic acids is 1. The van der Waals surface area contributed by atoms with E-state index in [4.69, 9.17) is 4.74 Å². The lowest BCUT2D eigenvalue weighted by molar-refractivity contribution is -0.137. The van der Waals surface area contributed by atoms with Crippen LogP contribution in [0.25, 0.3) is 11.0 Å². The Labute approximate surface area is 188 Å². The van der Waals surface area contributed by atoms with Crippen LogP contribution >= 0.6 is 0 Å². The van der Waals surface area contributed by atoms with Crippen LogP contribution < -0.4 is 9.64 Å². The average molecular weight is 456 g/mol. The van der Waals surface area contributed by atoms with Crippen molar-refractivity contribution >= 4 is 33.8 Å². The van der Waals surface area contributed by atoms with Gasteiger partial charge in [0.2, 0.25) is 0 Å². The molecule has 0 radical (unpaired) electrons. The van der Waals surface area contributed by atoms with Crippen LogP contribution in [-0.4, -0.2) is 66.3 Å². The van der Waals surface area contributed by atoms with Crippen LogP contribution in [0.15, 0.2) is 41.7 Å². The minimum Gasteiger partial charge on any atom is -0.483 e. The molecular weight excluding hydrogens is 430 g/mol. The summed E-state index contributed by atoms with van der Waals surface area (Å²) in [5.74, 6) is 1.45. The van der Waals surface area contributed by atoms with Gasteiger partial charge in [0, 0.05) is 25.8 Å². The minimum atomic E-state index is -2.04. The predicted molar refractivity (Wildman–Crippen MR) is 120 cm³/mol. The van der Waals surface area contributed by atoms with Gasteiger partial charge in [-0.3, -0.25) is 4.79 Å². The lowest BCUT2D eigenvalue weighted by atomic mass is 10.1. The Balaban J connectivity index is 1.27. The molecule has 3 heterocycles. The first kappa shape index (κ1) is 20.9. The molecule has 2 fully saturated rings. The van der Waals surface area contributed by atoms with E-state index in [1.165, 1.54) is 0 Å². The zero-order valence-electron chi connectivity index (χ0n) is 17.8. The summed E-state index contributed by atoms with van der Waals surface area (Å²) in [4.78, 5) is 29.5. The number of aromatic nitrogens is 3. The first-order valence-corrected chi connectivity index (χ1v) is 11.8. The van der Waals surface area contributed by atoms with Gasteiger partial charge in [0.05, 0.1) is 15.8 Å². The molecule has 1 saturated carbocycles. The third kappa shape index (κ3) is 3.73. The van der Waals surface area contributed by atoms with Gasteiger partial charge < -0.3 is 24.1 Å². The summed E-state index contributed by atoms with van der Waals surface area (Å²) in [6, 6.07) is 6.86. The van der Waals surface area contributed by atoms with Crippen LogP contribution in [0, 0.1) is 0 Å². The van der Waals surface area contributed by atoms with Gasteiger partial charge in [-0.2, -0.15) is 0 Å². The molecule has 1 amide bonds. The molecule has 1 unspecified atom stereocenters. The van der Waals surface area contributed by atoms with Crippen molar-refractivity contribution in [1.82, 2.24) is 19.9 Å². The van der Waals surface area contributed by atoms with E-state index < -0.39 is 11.1 Å². The largest absolute Gasteiger partial charge is 0.483 e. The van der Waals surface area contributed by atoms with Crippen molar-refractivity contribution in [3.63, 3.8) is 0 Å². The van der Waals surface area contributed by atoms with Gasteiger partial charge in [-0.15, -0.1) is 0 Å². The molecule has 5 rings (SSSR count). The summed E-state index contributed by atoms with van der Waals surface area (Å²) in [6.07, 6.45) is 6.01. The second-order valence-electron chi connectivity index (χ2n) is 8.29. The molecule has 9 nitrogen and oxygen atoms in total. The van der Waals surface area contributed by atoms with Crippen LogP contribution in [0.5, 0.6) is 5.75 Å². The van der Waals surface area contributed by atoms with Crippen LogP contribution in [0.3, 0.4) is 0 Å². The number of rotatable bonds is 6. The Morgan fingerprint density at radius 3 is 2.88 bits per heavy atom. The number of hydrogen-bond acceptors (Lipinski definition) is 6. The number of hydrogen-bond donors (Lipinski definition) is 2. The minimum absolute atomic E-state index is 0.0338. The van der Waals surface area contributed by atoms with Crippen molar-refractivity contribution in [2.24, 2.45) is 0 Å². The molecule has 0 bridgehead atoms. The fraction of sp³-hybridized carbons (Fsp3) is 0.409. The highest BCUT2D eigenvalue weighted by atomic mass is 32.2. The first-order chi connectivity index (χ1) is 15.5. The Kier molecular flexibility index (Phi) is 5.34. The Morgan fingerprint density at radius 2 is 2.12 bits per heavy atom. The fourth-order valence-electron chi connectivity index (χ4n) is 4.53. The van der Waals surface area contributed by atoms with Crippen LogP contribution in [0.4, 0.5) is 5.82 Å². The lowest BCUT2D eigenvalue weighted by Crippen LogP contribution is -2.58. The number of fused-ring (bicyclic) bond motifs is 1. The Bertz CT molecular complexity index is 1190. The summed E-state index contributed by atoms with van der Waals surface area (Å²) in [5, 5.41) is 0.991. The number of nitrogens with one attached hydrogen (secondary N) is 1. The van der Waals surface area contributed by atoms with Crippen LogP contribution in [-0.2, 0) is 22.3 Å². The van der Waals surface area contributed by atoms with E-state index in [-0.39, 0.29) is 18.1 Å². The maximum absolute atomic E-state index is 13.1. The maximum atomic E-state index is 13.1. The van der Waals surface area contributed by atoms with Crippen LogP contribution in [0.1, 0.15) is 25.3 Å². The highest BCUT2D eigenvalue weighted by Gasteiger charge is 2.53. The molecule has 1 saturated heterocycles. The smallest absolute Gasteiger partial charge is 0.261 e. The van der Waals surface area contributed by atoms with Gasteiger partial charge in [-0.25, -0.2) is 14.2 Å². The second kappa shape index (κ2) is 8.18. The number of carbonyl (C=O) groups is 1. The molecule has 3 aromatic rings. The summed E-state index contributed by atoms with van der Waals surface area (Å²) in [5.41, 5.74) is 1.45. The van der Waals surface area contributed by atoms with Crippen molar-refractivity contribution in [3.8, 4) is 5.75 Å². The summed E-state index contributed by atoms with van der Waals surface area (Å²) < 4.78 is 26.5. The lowest BCUT2D eigenvalue weighted by Gasteiger charge is -2.42. The highest BCUT2D eigenvalue weighted by molar-refractivity contribution is 7.79. The van der Waals surface area contributed by atoms with Gasteiger partial charge in [0.25, 0.3) is 5.91 Å². The van der Waals surface area contributed by atoms with E-state index >= 15 is 0 Å². The number of piperazine rings is 1. The van der Waals surface area contributed by atoms with Gasteiger partial charge in [0.15, 0.2) is 17.7 Å². The molecule has 10 heteroatoms. The van der Waals surface area contributed by atoms with E-state index in [1.807, 2.05) is 24.1 Å². The Morgan fingerprint density at radius 1 is 1.28 bits per heavy atom. The van der Waals surface area contributed by atoms with E-state index in [0.717, 1.165) is 41.8 Å². The van der Waals surface area contributed by atoms with Gasteiger partial charge in [-0.1, -0.05) is 6.92 Å². The molecule has 1 aromatic carbocycles. The summed E-state index contributed by atoms with van der Waals surface area (Å²) in [6.45, 7) is 3.95. The number of amides is 1. The van der Waals surface area contributed by atoms with E-state index in [0.29, 0.717) is 30.2 Å². The number of ether oxygens (including phenoxy) is 1. The van der Waals surface area contributed by atoms with E-state index in [2.05, 4.69) is 19.9 Å².